The minimum atomic E-state index is -0.641. The lowest BCUT2D eigenvalue weighted by atomic mass is 9.92. The van der Waals surface area contributed by atoms with Crippen molar-refractivity contribution in [3.8, 4) is 0 Å². The minimum Gasteiger partial charge on any atom is -0.394 e. The zero-order valence-electron chi connectivity index (χ0n) is 13.9. The van der Waals surface area contributed by atoms with Gasteiger partial charge in [-0.15, -0.1) is 0 Å². The van der Waals surface area contributed by atoms with Crippen molar-refractivity contribution in [1.82, 2.24) is 15.1 Å². The number of aromatic nitrogens is 2. The van der Waals surface area contributed by atoms with E-state index in [1.807, 2.05) is 36.1 Å². The van der Waals surface area contributed by atoms with Gasteiger partial charge in [0.2, 0.25) is 0 Å². The molecule has 0 saturated heterocycles. The maximum Gasteiger partial charge on any atom is 0.0652 e. The van der Waals surface area contributed by atoms with E-state index in [4.69, 9.17) is 23.2 Å². The van der Waals surface area contributed by atoms with Crippen molar-refractivity contribution in [2.75, 3.05) is 6.61 Å². The molecule has 0 radical (unpaired) electrons. The van der Waals surface area contributed by atoms with E-state index >= 15 is 0 Å². The van der Waals surface area contributed by atoms with Crippen LogP contribution in [0, 0.1) is 0 Å². The molecular weight excluding hydrogens is 333 g/mol. The summed E-state index contributed by atoms with van der Waals surface area (Å²) in [6.07, 6.45) is 3.84. The quantitative estimate of drug-likeness (QED) is 0.853. The average molecular weight is 356 g/mol. The van der Waals surface area contributed by atoms with Crippen LogP contribution in [0.5, 0.6) is 0 Å². The van der Waals surface area contributed by atoms with Gasteiger partial charge in [-0.1, -0.05) is 23.2 Å². The zero-order valence-corrected chi connectivity index (χ0v) is 15.4. The molecule has 1 aromatic heterocycles. The zero-order chi connectivity index (χ0) is 17.3. The molecule has 0 aliphatic heterocycles. The van der Waals surface area contributed by atoms with E-state index in [0.29, 0.717) is 16.6 Å². The molecule has 6 heteroatoms. The van der Waals surface area contributed by atoms with Crippen LogP contribution >= 0.6 is 23.2 Å². The van der Waals surface area contributed by atoms with Gasteiger partial charge in [-0.3, -0.25) is 4.68 Å². The Hall–Kier alpha value is -1.07. The lowest BCUT2D eigenvalue weighted by Gasteiger charge is -2.29. The lowest BCUT2D eigenvalue weighted by molar-refractivity contribution is 0.173. The van der Waals surface area contributed by atoms with Crippen LogP contribution in [0.15, 0.2) is 30.6 Å². The number of benzene rings is 1. The molecule has 1 heterocycles. The number of rotatable bonds is 5. The first-order chi connectivity index (χ1) is 10.6. The summed E-state index contributed by atoms with van der Waals surface area (Å²) in [5.74, 6) is 0. The Kier molecular flexibility index (Phi) is 5.41. The third-order valence-corrected chi connectivity index (χ3v) is 4.26. The number of aliphatic hydroxyl groups excluding tert-OH is 1. The van der Waals surface area contributed by atoms with Gasteiger partial charge in [0.15, 0.2) is 0 Å². The fourth-order valence-corrected chi connectivity index (χ4v) is 2.76. The van der Waals surface area contributed by atoms with Crippen molar-refractivity contribution < 1.29 is 5.11 Å². The maximum absolute atomic E-state index is 9.86. The molecule has 0 aliphatic rings. The van der Waals surface area contributed by atoms with Gasteiger partial charge >= 0.3 is 0 Å². The van der Waals surface area contributed by atoms with E-state index in [0.717, 1.165) is 11.1 Å². The Morgan fingerprint density at radius 1 is 1.13 bits per heavy atom. The molecule has 1 unspecified atom stereocenters. The molecule has 2 N–H and O–H groups in total. The summed E-state index contributed by atoms with van der Waals surface area (Å²) >= 11 is 12.2. The van der Waals surface area contributed by atoms with E-state index in [2.05, 4.69) is 31.2 Å². The largest absolute Gasteiger partial charge is 0.394 e. The normalized spacial score (nSPS) is 14.7. The Bertz CT molecular complexity index is 658. The summed E-state index contributed by atoms with van der Waals surface area (Å²) in [5, 5.41) is 18.7. The Morgan fingerprint density at radius 3 is 2.22 bits per heavy atom. The molecule has 2 rings (SSSR count). The summed E-state index contributed by atoms with van der Waals surface area (Å²) in [7, 11) is 0. The molecule has 0 fully saturated rings. The first-order valence-corrected chi connectivity index (χ1v) is 8.26. The molecule has 1 atom stereocenters. The molecule has 0 saturated carbocycles. The fraction of sp³-hybridized carbons (Fsp3) is 0.471. The van der Waals surface area contributed by atoms with Gasteiger partial charge in [-0.2, -0.15) is 5.10 Å². The van der Waals surface area contributed by atoms with Crippen molar-refractivity contribution in [2.24, 2.45) is 0 Å². The van der Waals surface area contributed by atoms with Gasteiger partial charge in [0, 0.05) is 28.4 Å². The molecule has 126 valence electrons. The first kappa shape index (κ1) is 18.3. The molecule has 0 amide bonds. The lowest BCUT2D eigenvalue weighted by Crippen LogP contribution is -2.42. The monoisotopic (exact) mass is 355 g/mol. The van der Waals surface area contributed by atoms with Gasteiger partial charge in [-0.25, -0.2) is 0 Å². The number of aliphatic hydroxyl groups is 1. The van der Waals surface area contributed by atoms with E-state index in [1.54, 1.807) is 6.07 Å². The second-order valence-corrected chi connectivity index (χ2v) is 7.84. The van der Waals surface area contributed by atoms with Crippen LogP contribution in [0.1, 0.15) is 38.8 Å². The third-order valence-electron chi connectivity index (χ3n) is 3.82. The van der Waals surface area contributed by atoms with E-state index in [9.17, 15) is 5.11 Å². The highest BCUT2D eigenvalue weighted by Crippen LogP contribution is 2.27. The van der Waals surface area contributed by atoms with E-state index in [-0.39, 0.29) is 12.1 Å². The van der Waals surface area contributed by atoms with Gasteiger partial charge in [-0.05, 0) is 51.5 Å². The van der Waals surface area contributed by atoms with Crippen molar-refractivity contribution >= 4 is 23.2 Å². The molecule has 0 spiro atoms. The van der Waals surface area contributed by atoms with Crippen molar-refractivity contribution in [3.63, 3.8) is 0 Å². The number of hydrogen-bond donors (Lipinski definition) is 2. The van der Waals surface area contributed by atoms with Crippen LogP contribution in [0.25, 0.3) is 0 Å². The van der Waals surface area contributed by atoms with Crippen LogP contribution < -0.4 is 5.32 Å². The smallest absolute Gasteiger partial charge is 0.0652 e. The maximum atomic E-state index is 9.86. The van der Waals surface area contributed by atoms with Gasteiger partial charge < -0.3 is 10.4 Å². The predicted molar refractivity (Wildman–Crippen MR) is 95.0 cm³/mol. The summed E-state index contributed by atoms with van der Waals surface area (Å²) in [4.78, 5) is 0. The second-order valence-electron chi connectivity index (χ2n) is 6.97. The molecular formula is C17H23Cl2N3O. The van der Waals surface area contributed by atoms with Crippen molar-refractivity contribution in [1.29, 1.82) is 0 Å². The van der Waals surface area contributed by atoms with Crippen LogP contribution in [0.4, 0.5) is 0 Å². The van der Waals surface area contributed by atoms with Crippen LogP contribution in [-0.4, -0.2) is 21.5 Å². The highest BCUT2D eigenvalue weighted by atomic mass is 35.5. The van der Waals surface area contributed by atoms with Crippen LogP contribution in [-0.2, 0) is 17.6 Å². The highest BCUT2D eigenvalue weighted by Gasteiger charge is 2.26. The molecule has 1 aromatic carbocycles. The minimum absolute atomic E-state index is 0.0565. The van der Waals surface area contributed by atoms with E-state index in [1.165, 1.54) is 0 Å². The molecule has 4 nitrogen and oxygen atoms in total. The Balaban J connectivity index is 2.17. The number of nitrogens with one attached hydrogen (secondary N) is 1. The summed E-state index contributed by atoms with van der Waals surface area (Å²) in [6.45, 7) is 8.73. The van der Waals surface area contributed by atoms with Gasteiger partial charge in [0.05, 0.1) is 23.9 Å². The predicted octanol–water partition coefficient (Wildman–Crippen LogP) is 3.94. The average Bonchev–Trinajstić information content (AvgIpc) is 2.92. The molecule has 2 aromatic rings. The van der Waals surface area contributed by atoms with Crippen molar-refractivity contribution in [2.45, 2.75) is 45.3 Å². The van der Waals surface area contributed by atoms with Gasteiger partial charge in [0.25, 0.3) is 0 Å². The Labute approximate surface area is 147 Å². The van der Waals surface area contributed by atoms with Gasteiger partial charge in [0.1, 0.15) is 0 Å². The van der Waals surface area contributed by atoms with Crippen LogP contribution in [0.3, 0.4) is 0 Å². The number of halogens is 2. The summed E-state index contributed by atoms with van der Waals surface area (Å²) < 4.78 is 1.93. The number of nitrogens with zero attached hydrogens (tertiary/aromatic N) is 2. The molecule has 23 heavy (non-hydrogen) atoms. The Morgan fingerprint density at radius 2 is 1.74 bits per heavy atom. The summed E-state index contributed by atoms with van der Waals surface area (Å²) in [5.41, 5.74) is 1.20. The summed E-state index contributed by atoms with van der Waals surface area (Å²) in [6, 6.07) is 5.31. The third kappa shape index (κ3) is 4.48. The van der Waals surface area contributed by atoms with E-state index < -0.39 is 5.54 Å². The van der Waals surface area contributed by atoms with Crippen LogP contribution in [0.2, 0.25) is 10.0 Å². The number of hydrogen-bond acceptors (Lipinski definition) is 3. The fourth-order valence-electron chi connectivity index (χ4n) is 2.24. The molecule has 0 aliphatic carbocycles. The molecule has 0 bridgehead atoms. The highest BCUT2D eigenvalue weighted by molar-refractivity contribution is 6.34. The topological polar surface area (TPSA) is 50.1 Å². The SMILES string of the molecule is CC(CO)(NCc1cnn(C(C)(C)C)c1)c1cc(Cl)cc(Cl)c1. The standard InChI is InChI=1S/C17H23Cl2N3O/c1-16(2,3)22-10-12(9-21-22)8-20-17(4,11-23)13-5-14(18)7-15(19)6-13/h5-7,9-10,20,23H,8,11H2,1-4H3. The first-order valence-electron chi connectivity index (χ1n) is 7.50. The second kappa shape index (κ2) is 6.81. The van der Waals surface area contributed by atoms with Crippen molar-refractivity contribution in [3.05, 3.63) is 51.8 Å².